The zero-order chi connectivity index (χ0) is 19.9. The molecule has 10 heteroatoms. The average molecular weight is 405 g/mol. The third kappa shape index (κ3) is 3.40. The van der Waals surface area contributed by atoms with Crippen molar-refractivity contribution >= 4 is 26.9 Å². The van der Waals surface area contributed by atoms with Crippen LogP contribution in [0.5, 0.6) is 0 Å². The van der Waals surface area contributed by atoms with Crippen LogP contribution in [0.4, 0.5) is 14.7 Å². The van der Waals surface area contributed by atoms with Gasteiger partial charge in [-0.3, -0.25) is 4.98 Å². The summed E-state index contributed by atoms with van der Waals surface area (Å²) >= 11 is 0. The number of sulfonamides is 1. The molecular formula is C18H17F2N5O2S. The largest absolute Gasteiger partial charge is 0.349 e. The Balaban J connectivity index is 1.59. The maximum absolute atomic E-state index is 14.3. The van der Waals surface area contributed by atoms with E-state index in [1.54, 1.807) is 25.1 Å². The standard InChI is InChI=1S/C18H17F2N5O2S/c1-2-28(26,27)25-9-13(10-25)23-18-22-8-15(20)17(24-18)12-6-11-4-3-5-21-16(11)14(19)7-12/h3-8,13H,2,9-10H2,1H3,(H,22,23,24). The van der Waals surface area contributed by atoms with Gasteiger partial charge < -0.3 is 5.32 Å². The minimum absolute atomic E-state index is 0.0410. The van der Waals surface area contributed by atoms with Gasteiger partial charge in [-0.2, -0.15) is 4.31 Å². The lowest BCUT2D eigenvalue weighted by molar-refractivity contribution is 0.280. The second kappa shape index (κ2) is 7.02. The van der Waals surface area contributed by atoms with Gasteiger partial charge in [-0.25, -0.2) is 27.2 Å². The fourth-order valence-corrected chi connectivity index (χ4v) is 4.22. The molecule has 146 valence electrons. The van der Waals surface area contributed by atoms with Crippen molar-refractivity contribution in [2.24, 2.45) is 0 Å². The molecule has 7 nitrogen and oxygen atoms in total. The molecule has 3 heterocycles. The predicted molar refractivity (Wildman–Crippen MR) is 101 cm³/mol. The van der Waals surface area contributed by atoms with Crippen molar-refractivity contribution in [1.82, 2.24) is 19.3 Å². The number of halogens is 2. The van der Waals surface area contributed by atoms with Crippen LogP contribution in [-0.4, -0.2) is 52.6 Å². The molecule has 0 bridgehead atoms. The van der Waals surface area contributed by atoms with Crippen LogP contribution in [-0.2, 0) is 10.0 Å². The van der Waals surface area contributed by atoms with Gasteiger partial charge >= 0.3 is 0 Å². The van der Waals surface area contributed by atoms with E-state index in [4.69, 9.17) is 0 Å². The lowest BCUT2D eigenvalue weighted by Gasteiger charge is -2.38. The summed E-state index contributed by atoms with van der Waals surface area (Å²) in [6, 6.07) is 5.98. The van der Waals surface area contributed by atoms with Crippen molar-refractivity contribution in [2.75, 3.05) is 24.2 Å². The van der Waals surface area contributed by atoms with Crippen molar-refractivity contribution in [3.63, 3.8) is 0 Å². The Morgan fingerprint density at radius 3 is 2.75 bits per heavy atom. The van der Waals surface area contributed by atoms with Crippen molar-refractivity contribution in [1.29, 1.82) is 0 Å². The fraction of sp³-hybridized carbons (Fsp3) is 0.278. The Hall–Kier alpha value is -2.72. The quantitative estimate of drug-likeness (QED) is 0.701. The maximum Gasteiger partial charge on any atom is 0.223 e. The summed E-state index contributed by atoms with van der Waals surface area (Å²) in [6.07, 6.45) is 2.49. The highest BCUT2D eigenvalue weighted by Crippen LogP contribution is 2.27. The highest BCUT2D eigenvalue weighted by molar-refractivity contribution is 7.89. The number of rotatable bonds is 5. The first-order valence-corrected chi connectivity index (χ1v) is 10.3. The molecule has 0 spiro atoms. The van der Waals surface area contributed by atoms with Crippen LogP contribution >= 0.6 is 0 Å². The molecule has 0 saturated carbocycles. The number of nitrogens with one attached hydrogen (secondary N) is 1. The summed E-state index contributed by atoms with van der Waals surface area (Å²) in [6.45, 7) is 2.18. The lowest BCUT2D eigenvalue weighted by atomic mass is 10.1. The highest BCUT2D eigenvalue weighted by atomic mass is 32.2. The molecule has 1 aliphatic rings. The number of pyridine rings is 1. The second-order valence-electron chi connectivity index (χ2n) is 6.48. The minimum Gasteiger partial charge on any atom is -0.349 e. The smallest absolute Gasteiger partial charge is 0.223 e. The number of aromatic nitrogens is 3. The molecule has 1 aromatic carbocycles. The van der Waals surface area contributed by atoms with Gasteiger partial charge in [-0.1, -0.05) is 6.07 Å². The Morgan fingerprint density at radius 1 is 1.21 bits per heavy atom. The maximum atomic E-state index is 14.3. The third-order valence-electron chi connectivity index (χ3n) is 4.62. The Morgan fingerprint density at radius 2 is 2.00 bits per heavy atom. The van der Waals surface area contributed by atoms with Crippen LogP contribution in [0.3, 0.4) is 0 Å². The van der Waals surface area contributed by atoms with Gasteiger partial charge in [0.25, 0.3) is 0 Å². The number of hydrogen-bond donors (Lipinski definition) is 1. The molecule has 4 rings (SSSR count). The van der Waals surface area contributed by atoms with Crippen molar-refractivity contribution in [3.05, 3.63) is 48.3 Å². The first kappa shape index (κ1) is 18.6. The number of hydrogen-bond acceptors (Lipinski definition) is 6. The van der Waals surface area contributed by atoms with E-state index in [0.29, 0.717) is 18.5 Å². The molecule has 28 heavy (non-hydrogen) atoms. The lowest BCUT2D eigenvalue weighted by Crippen LogP contribution is -2.57. The van der Waals surface area contributed by atoms with E-state index < -0.39 is 21.7 Å². The van der Waals surface area contributed by atoms with Crippen LogP contribution in [0.25, 0.3) is 22.2 Å². The Bertz CT molecular complexity index is 1150. The SMILES string of the molecule is CCS(=O)(=O)N1CC(Nc2ncc(F)c(-c3cc(F)c4ncccc4c3)n2)C1. The third-order valence-corrected chi connectivity index (χ3v) is 6.43. The predicted octanol–water partition coefficient (Wildman–Crippen LogP) is 2.42. The summed E-state index contributed by atoms with van der Waals surface area (Å²) in [4.78, 5) is 12.1. The highest BCUT2D eigenvalue weighted by Gasteiger charge is 2.35. The summed E-state index contributed by atoms with van der Waals surface area (Å²) in [5.41, 5.74) is 0.426. The first-order chi connectivity index (χ1) is 13.4. The molecule has 2 aromatic heterocycles. The van der Waals surface area contributed by atoms with Crippen LogP contribution in [0.15, 0.2) is 36.7 Å². The number of anilines is 1. The Labute approximate surface area is 160 Å². The zero-order valence-corrected chi connectivity index (χ0v) is 15.7. The van der Waals surface area contributed by atoms with Crippen LogP contribution in [0.2, 0.25) is 0 Å². The van der Waals surface area contributed by atoms with Gasteiger partial charge in [0, 0.05) is 30.2 Å². The van der Waals surface area contributed by atoms with E-state index in [-0.39, 0.29) is 34.5 Å². The molecule has 3 aromatic rings. The number of fused-ring (bicyclic) bond motifs is 1. The van der Waals surface area contributed by atoms with Crippen LogP contribution < -0.4 is 5.32 Å². The summed E-state index contributed by atoms with van der Waals surface area (Å²) in [5, 5.41) is 3.52. The van der Waals surface area contributed by atoms with E-state index in [1.807, 2.05) is 0 Å². The molecule has 1 fully saturated rings. The average Bonchev–Trinajstić information content (AvgIpc) is 2.65. The van der Waals surface area contributed by atoms with E-state index in [2.05, 4.69) is 20.3 Å². The number of benzene rings is 1. The molecule has 0 aliphatic carbocycles. The molecule has 1 saturated heterocycles. The van der Waals surface area contributed by atoms with Gasteiger partial charge in [0.15, 0.2) is 5.82 Å². The molecule has 0 atom stereocenters. The topological polar surface area (TPSA) is 88.1 Å². The van der Waals surface area contributed by atoms with Gasteiger partial charge in [-0.15, -0.1) is 0 Å². The summed E-state index contributed by atoms with van der Waals surface area (Å²) in [7, 11) is -3.23. The van der Waals surface area contributed by atoms with Gasteiger partial charge in [-0.05, 0) is 25.1 Å². The van der Waals surface area contributed by atoms with Crippen LogP contribution in [0, 0.1) is 11.6 Å². The Kier molecular flexibility index (Phi) is 4.68. The summed E-state index contributed by atoms with van der Waals surface area (Å²) in [5.74, 6) is -1.06. The molecular weight excluding hydrogens is 388 g/mol. The van der Waals surface area contributed by atoms with Gasteiger partial charge in [0.05, 0.1) is 18.0 Å². The fourth-order valence-electron chi connectivity index (χ4n) is 3.05. The van der Waals surface area contributed by atoms with E-state index in [9.17, 15) is 17.2 Å². The second-order valence-corrected chi connectivity index (χ2v) is 8.74. The first-order valence-electron chi connectivity index (χ1n) is 8.69. The van der Waals surface area contributed by atoms with E-state index >= 15 is 0 Å². The van der Waals surface area contributed by atoms with Gasteiger partial charge in [0.2, 0.25) is 16.0 Å². The van der Waals surface area contributed by atoms with Gasteiger partial charge in [0.1, 0.15) is 17.0 Å². The van der Waals surface area contributed by atoms with E-state index in [1.165, 1.54) is 16.6 Å². The normalized spacial score (nSPS) is 15.5. The van der Waals surface area contributed by atoms with Crippen molar-refractivity contribution in [3.8, 4) is 11.3 Å². The minimum atomic E-state index is -3.23. The zero-order valence-electron chi connectivity index (χ0n) is 14.9. The molecule has 1 aliphatic heterocycles. The number of nitrogens with zero attached hydrogens (tertiary/aromatic N) is 4. The van der Waals surface area contributed by atoms with Crippen LogP contribution in [0.1, 0.15) is 6.92 Å². The van der Waals surface area contributed by atoms with Crippen molar-refractivity contribution in [2.45, 2.75) is 13.0 Å². The van der Waals surface area contributed by atoms with E-state index in [0.717, 1.165) is 6.20 Å². The molecule has 0 amide bonds. The molecule has 1 N–H and O–H groups in total. The molecule has 0 unspecified atom stereocenters. The van der Waals surface area contributed by atoms with Crippen molar-refractivity contribution < 1.29 is 17.2 Å². The summed E-state index contributed by atoms with van der Waals surface area (Å²) < 4.78 is 53.5. The monoisotopic (exact) mass is 405 g/mol. The molecule has 0 radical (unpaired) electrons.